The second-order valence-electron chi connectivity index (χ2n) is 20.6. The number of H-pyrrole nitrogens is 2. The van der Waals surface area contributed by atoms with Crippen LogP contribution in [-0.4, -0.2) is 187 Å². The van der Waals surface area contributed by atoms with E-state index in [4.69, 9.17) is 48.3 Å². The normalized spacial score (nSPS) is 24.7. The number of unbranched alkanes of at least 4 members (excludes halogenated alkanes) is 1. The third-order valence-electron chi connectivity index (χ3n) is 12.8. The molecule has 0 saturated carbocycles. The van der Waals surface area contributed by atoms with E-state index in [1.54, 1.807) is 6.92 Å². The van der Waals surface area contributed by atoms with Crippen LogP contribution >= 0.6 is 70.4 Å². The predicted molar refractivity (Wildman–Crippen MR) is 328 cm³/mol. The molecule has 3 aliphatic rings. The van der Waals surface area contributed by atoms with E-state index in [1.165, 1.54) is 23.4 Å². The van der Waals surface area contributed by atoms with Gasteiger partial charge >= 0.3 is 58.3 Å². The maximum absolute atomic E-state index is 12.3. The number of anilines is 1. The molecule has 61 heteroatoms. The van der Waals surface area contributed by atoms with E-state index in [9.17, 15) is 110 Å². The number of nitrogens with zero attached hydrogens (tertiary/aromatic N) is 6. The molecule has 4 aromatic heterocycles. The first-order chi connectivity index (χ1) is 47.4. The zero-order valence-corrected chi connectivity index (χ0v) is 60.8. The molecular formula is C42H66N10O42P9-3. The fourth-order valence-corrected chi connectivity index (χ4v) is 17.5. The van der Waals surface area contributed by atoms with Crippen LogP contribution in [0.5, 0.6) is 0 Å². The molecule has 3 fully saturated rings. The molecule has 52 nitrogen and oxygen atoms in total. The molecule has 584 valence electrons. The Hall–Kier alpha value is -4.31. The number of hydrogen-bond acceptors (Lipinski definition) is 37. The lowest BCUT2D eigenvalue weighted by Crippen LogP contribution is -2.34. The van der Waals surface area contributed by atoms with Crippen LogP contribution in [0, 0.1) is 11.8 Å². The van der Waals surface area contributed by atoms with Gasteiger partial charge < -0.3 is 108 Å². The van der Waals surface area contributed by atoms with Crippen molar-refractivity contribution in [2.75, 3.05) is 51.4 Å². The summed E-state index contributed by atoms with van der Waals surface area (Å²) in [6.45, 7) is 4.15. The van der Waals surface area contributed by atoms with Crippen molar-refractivity contribution < 1.29 is 178 Å². The number of carbonyl (C=O) groups is 1. The Morgan fingerprint density at radius 1 is 0.612 bits per heavy atom. The second-order valence-corrected chi connectivity index (χ2v) is 33.8. The standard InChI is InChI=1S/C19H30N3O16P3.C12H20N5O12P3.C11H19N2O14P3/c1-2-3-8-34-9-6-16(24)20-7-4-5-13-11-22(19(26)21-18(13)25)17-10-14(23)15(36-17)12-35-40(30,31)38-41(32,33)37-39(27,28)29;1-2-13-11-10-12(15-5-14-11)17(6-16-10)9-3-7(18)8(27-9)4-26-31(22,23)29-32(24,25)28-30(19,20)21;1-2-6-4-13(11(16)12-10(6)15)9-3-7(14)8(25-9)5-24-29(20,21)27-30(22,23)26-28(17,18)19/h11,14-15,17,23H,2-3,6-10,12H2,1H3,(H,20,24)(H,30,31)(H,32,33)(H,21,25,26)(H2,27,28,29);5-9,18H,2-4H2,1H3,(H,22,23)(H,24,25)(H,13,14,15)(H2,19,20,21);4,7-9,14H,2-3,5H2,1H3,(H,20,21)(H,22,23)(H,12,15,16)(H2,17,18,19)/p-3/t;;7?,8-,9-/m..1/s1. The molecule has 0 aromatic carbocycles. The topological polar surface area (TPSA) is 780 Å². The summed E-state index contributed by atoms with van der Waals surface area (Å²) in [4.78, 5) is 189. The molecule has 16 N–H and O–H groups in total. The lowest BCUT2D eigenvalue weighted by atomic mass is 10.2. The molecule has 0 radical (unpaired) electrons. The van der Waals surface area contributed by atoms with Gasteiger partial charge in [0.25, 0.3) is 34.6 Å². The minimum Gasteiger partial charge on any atom is -0.756 e. The monoisotopic (exact) mass is 1660 g/mol. The summed E-state index contributed by atoms with van der Waals surface area (Å²) in [6, 6.07) is 0. The minimum atomic E-state index is -6.05. The van der Waals surface area contributed by atoms with Gasteiger partial charge in [-0.1, -0.05) is 32.1 Å². The summed E-state index contributed by atoms with van der Waals surface area (Å²) in [7, 11) is -50.9. The number of aromatic nitrogens is 8. The number of nitrogens with one attached hydrogen (secondary N) is 4. The Morgan fingerprint density at radius 3 is 1.57 bits per heavy atom. The van der Waals surface area contributed by atoms with Crippen molar-refractivity contribution >= 4 is 93.3 Å². The first-order valence-corrected chi connectivity index (χ1v) is 42.1. The third kappa shape index (κ3) is 30.3. The highest BCUT2D eigenvalue weighted by Crippen LogP contribution is 2.68. The van der Waals surface area contributed by atoms with Gasteiger partial charge in [0.2, 0.25) is 5.91 Å². The van der Waals surface area contributed by atoms with E-state index >= 15 is 0 Å². The molecular weight excluding hydrogens is 1600 g/mol. The lowest BCUT2D eigenvalue weighted by molar-refractivity contribution is -0.250. The highest BCUT2D eigenvalue weighted by Gasteiger charge is 2.46. The van der Waals surface area contributed by atoms with Crippen molar-refractivity contribution in [1.82, 2.24) is 43.9 Å². The van der Waals surface area contributed by atoms with Crippen molar-refractivity contribution in [3.8, 4) is 11.8 Å². The van der Waals surface area contributed by atoms with Gasteiger partial charge in [-0.15, -0.1) is 0 Å². The summed E-state index contributed by atoms with van der Waals surface area (Å²) < 4.78 is 160. The number of aryl methyl sites for hydroxylation is 1. The Balaban J connectivity index is 0.000000282. The largest absolute Gasteiger partial charge is 0.756 e. The maximum Gasteiger partial charge on any atom is 0.490 e. The molecule has 0 spiro atoms. The smallest absolute Gasteiger partial charge is 0.490 e. The Morgan fingerprint density at radius 2 is 1.10 bits per heavy atom. The number of aromatic amines is 2. The van der Waals surface area contributed by atoms with E-state index in [-0.39, 0.29) is 62.3 Å². The molecule has 3 saturated heterocycles. The molecule has 0 aliphatic carbocycles. The van der Waals surface area contributed by atoms with Gasteiger partial charge in [-0.3, -0.25) is 60.8 Å². The fraction of sp³-hybridized carbons (Fsp3) is 0.619. The number of aliphatic hydroxyl groups is 3. The Bertz CT molecular complexity index is 4370. The molecule has 103 heavy (non-hydrogen) atoms. The molecule has 3 aliphatic heterocycles. The van der Waals surface area contributed by atoms with Gasteiger partial charge in [-0.2, -0.15) is 17.2 Å². The number of aliphatic hydroxyl groups excluding tert-OH is 3. The van der Waals surface area contributed by atoms with Crippen molar-refractivity contribution in [2.45, 2.75) is 121 Å². The molecule has 1 amide bonds. The molecule has 16 atom stereocenters. The van der Waals surface area contributed by atoms with Crippen LogP contribution in [0.3, 0.4) is 0 Å². The third-order valence-corrected chi connectivity index (χ3v) is 24.1. The highest BCUT2D eigenvalue weighted by molar-refractivity contribution is 7.67. The van der Waals surface area contributed by atoms with E-state index in [1.807, 2.05) is 18.8 Å². The summed E-state index contributed by atoms with van der Waals surface area (Å²) in [5.74, 6) is 5.25. The molecule has 14 unspecified atom stereocenters. The van der Waals surface area contributed by atoms with Crippen LogP contribution in [0.2, 0.25) is 0 Å². The van der Waals surface area contributed by atoms with Crippen molar-refractivity contribution in [3.05, 3.63) is 77.9 Å². The highest BCUT2D eigenvalue weighted by atomic mass is 31.3. The first kappa shape index (κ1) is 89.3. The number of phosphoric ester groups is 3. The van der Waals surface area contributed by atoms with Gasteiger partial charge in [0.1, 0.15) is 48.9 Å². The average Bonchev–Trinajstić information content (AvgIpc) is 1.65. The van der Waals surface area contributed by atoms with Gasteiger partial charge in [-0.05, 0) is 19.8 Å². The first-order valence-electron chi connectivity index (χ1n) is 28.7. The van der Waals surface area contributed by atoms with Gasteiger partial charge in [0, 0.05) is 56.8 Å². The van der Waals surface area contributed by atoms with Crippen LogP contribution in [0.1, 0.15) is 89.1 Å². The number of phosphoric acid groups is 9. The SMILES string of the molecule is CCCCOCCC(=O)NCC#Cc1cn(C2CC(O)C(COP(=O)(O)OP(=O)(O)OP(=O)(O)O)O2)c(=O)[nH]c1=O.CCNc1ncnc2c1ncn2C1CC(O)C(COP(=O)(O)OP(=O)(O)OP(=O)(O)O)O1.CCc1cn([C@H]2CC(O)[C@@H](COP(=O)([O-])OP(=O)([O-])OP(=O)([O-])O)O2)c(=O)[nH]c1=O. The van der Waals surface area contributed by atoms with Crippen molar-refractivity contribution in [3.63, 3.8) is 0 Å². The van der Waals surface area contributed by atoms with Crippen LogP contribution in [0.4, 0.5) is 5.82 Å². The van der Waals surface area contributed by atoms with Crippen LogP contribution in [-0.2, 0) is 111 Å². The van der Waals surface area contributed by atoms with Crippen molar-refractivity contribution in [1.29, 1.82) is 0 Å². The van der Waals surface area contributed by atoms with E-state index < -0.39 is 168 Å². The lowest BCUT2D eigenvalue weighted by Gasteiger charge is -2.33. The fourth-order valence-electron chi connectivity index (χ4n) is 8.53. The molecule has 7 heterocycles. The number of ether oxygens (including phenoxy) is 4. The van der Waals surface area contributed by atoms with Gasteiger partial charge in [-0.25, -0.2) is 60.6 Å². The summed E-state index contributed by atoms with van der Waals surface area (Å²) in [5.41, 5.74) is -2.29. The number of amides is 1. The summed E-state index contributed by atoms with van der Waals surface area (Å²) in [5, 5.41) is 36.0. The number of imidazole rings is 1. The predicted octanol–water partition coefficient (Wildman–Crippen LogP) is -3.35. The minimum absolute atomic E-state index is 0.0242. The van der Waals surface area contributed by atoms with Crippen molar-refractivity contribution in [2.24, 2.45) is 0 Å². The summed E-state index contributed by atoms with van der Waals surface area (Å²) in [6.07, 6.45) is -4.23. The molecule has 0 bridgehead atoms. The van der Waals surface area contributed by atoms with Crippen LogP contribution < -0.4 is 47.8 Å². The van der Waals surface area contributed by atoms with Crippen LogP contribution in [0.25, 0.3) is 11.2 Å². The van der Waals surface area contributed by atoms with Gasteiger partial charge in [0.05, 0.1) is 57.6 Å². The van der Waals surface area contributed by atoms with E-state index in [2.05, 4.69) is 81.8 Å². The van der Waals surface area contributed by atoms with Gasteiger partial charge in [0.15, 0.2) is 17.0 Å². The Kier molecular flexibility index (Phi) is 32.7. The van der Waals surface area contributed by atoms with Crippen LogP contribution in [0.15, 0.2) is 44.2 Å². The molecule has 7 rings (SSSR count). The number of rotatable bonds is 34. The molecule has 4 aromatic rings. The van der Waals surface area contributed by atoms with E-state index in [0.29, 0.717) is 30.1 Å². The maximum atomic E-state index is 12.3. The Labute approximate surface area is 575 Å². The quantitative estimate of drug-likeness (QED) is 0.0123. The number of hydrogen-bond donors (Lipinski definition) is 16. The second kappa shape index (κ2) is 37.7. The van der Waals surface area contributed by atoms with E-state index in [0.717, 1.165) is 28.2 Å². The summed E-state index contributed by atoms with van der Waals surface area (Å²) >= 11 is 0. The zero-order chi connectivity index (χ0) is 77.5. The zero-order valence-electron chi connectivity index (χ0n) is 52.7. The number of fused-ring (bicyclic) bond motifs is 1. The number of carbonyl (C=O) groups excluding carboxylic acids is 1. The average molecular weight is 1660 g/mol.